The van der Waals surface area contributed by atoms with Crippen LogP contribution in [0, 0.1) is 5.92 Å². The Kier molecular flexibility index (Phi) is 3.28. The average molecular weight is 274 g/mol. The quantitative estimate of drug-likeness (QED) is 0.889. The van der Waals surface area contributed by atoms with Crippen LogP contribution in [0.3, 0.4) is 0 Å². The fourth-order valence-corrected chi connectivity index (χ4v) is 3.78. The molecule has 1 aromatic rings. The number of fused-ring (bicyclic) bond motifs is 2. The monoisotopic (exact) mass is 274 g/mol. The van der Waals surface area contributed by atoms with Crippen LogP contribution in [0.1, 0.15) is 18.4 Å². The molecule has 1 aromatic carbocycles. The first-order valence-electron chi connectivity index (χ1n) is 7.73. The molecule has 0 spiro atoms. The van der Waals surface area contributed by atoms with Crippen molar-refractivity contribution in [3.8, 4) is 11.5 Å². The van der Waals surface area contributed by atoms with Crippen LogP contribution in [0.4, 0.5) is 0 Å². The highest BCUT2D eigenvalue weighted by atomic mass is 16.6. The zero-order valence-corrected chi connectivity index (χ0v) is 11.8. The van der Waals surface area contributed by atoms with E-state index in [1.54, 1.807) is 0 Å². The SMILES string of the molecule is c1cc2c(cc1CN1CCCC3CNCC31)OCCO2. The molecule has 4 heteroatoms. The zero-order valence-electron chi connectivity index (χ0n) is 11.8. The zero-order chi connectivity index (χ0) is 13.4. The lowest BCUT2D eigenvalue weighted by molar-refractivity contribution is 0.117. The first-order chi connectivity index (χ1) is 9.90. The van der Waals surface area contributed by atoms with Crippen LogP contribution in [-0.2, 0) is 6.54 Å². The van der Waals surface area contributed by atoms with Crippen LogP contribution in [0.15, 0.2) is 18.2 Å². The van der Waals surface area contributed by atoms with Crippen LogP contribution in [0.5, 0.6) is 11.5 Å². The molecule has 2 atom stereocenters. The van der Waals surface area contributed by atoms with Gasteiger partial charge in [-0.25, -0.2) is 0 Å². The highest BCUT2D eigenvalue weighted by Gasteiger charge is 2.34. The number of benzene rings is 1. The Morgan fingerprint density at radius 2 is 2.05 bits per heavy atom. The van der Waals surface area contributed by atoms with Gasteiger partial charge in [-0.05, 0) is 49.5 Å². The topological polar surface area (TPSA) is 33.7 Å². The molecule has 0 amide bonds. The van der Waals surface area contributed by atoms with E-state index in [9.17, 15) is 0 Å². The number of rotatable bonds is 2. The average Bonchev–Trinajstić information content (AvgIpc) is 2.97. The molecule has 0 aromatic heterocycles. The Bertz CT molecular complexity index is 491. The van der Waals surface area contributed by atoms with Crippen molar-refractivity contribution < 1.29 is 9.47 Å². The van der Waals surface area contributed by atoms with Gasteiger partial charge in [-0.3, -0.25) is 4.90 Å². The van der Waals surface area contributed by atoms with Crippen molar-refractivity contribution in [1.29, 1.82) is 0 Å². The van der Waals surface area contributed by atoms with Crippen molar-refractivity contribution in [2.75, 3.05) is 32.8 Å². The molecule has 2 unspecified atom stereocenters. The van der Waals surface area contributed by atoms with Crippen LogP contribution in [0.25, 0.3) is 0 Å². The van der Waals surface area contributed by atoms with Gasteiger partial charge in [0, 0.05) is 19.1 Å². The minimum Gasteiger partial charge on any atom is -0.486 e. The van der Waals surface area contributed by atoms with E-state index in [-0.39, 0.29) is 0 Å². The highest BCUT2D eigenvalue weighted by Crippen LogP contribution is 2.33. The smallest absolute Gasteiger partial charge is 0.161 e. The number of likely N-dealkylation sites (tertiary alicyclic amines) is 1. The van der Waals surface area contributed by atoms with Gasteiger partial charge in [0.05, 0.1) is 0 Å². The number of ether oxygens (including phenoxy) is 2. The summed E-state index contributed by atoms with van der Waals surface area (Å²) >= 11 is 0. The second kappa shape index (κ2) is 5.26. The summed E-state index contributed by atoms with van der Waals surface area (Å²) in [7, 11) is 0. The second-order valence-electron chi connectivity index (χ2n) is 6.08. The standard InChI is InChI=1S/C16H22N2O2/c1-2-13-9-17-10-14(13)18(5-1)11-12-3-4-15-16(8-12)20-7-6-19-15/h3-4,8,13-14,17H,1-2,5-7,9-11H2. The van der Waals surface area contributed by atoms with Crippen LogP contribution < -0.4 is 14.8 Å². The number of hydrogen-bond donors (Lipinski definition) is 1. The molecule has 1 N–H and O–H groups in total. The maximum absolute atomic E-state index is 5.68. The number of hydrogen-bond acceptors (Lipinski definition) is 4. The predicted molar refractivity (Wildman–Crippen MR) is 77.2 cm³/mol. The van der Waals surface area contributed by atoms with Gasteiger partial charge in [0.15, 0.2) is 11.5 Å². The highest BCUT2D eigenvalue weighted by molar-refractivity contribution is 5.43. The van der Waals surface area contributed by atoms with E-state index < -0.39 is 0 Å². The molecule has 4 rings (SSSR count). The van der Waals surface area contributed by atoms with E-state index in [2.05, 4.69) is 28.4 Å². The summed E-state index contributed by atoms with van der Waals surface area (Å²) in [4.78, 5) is 2.64. The molecule has 0 saturated carbocycles. The minimum absolute atomic E-state index is 0.661. The van der Waals surface area contributed by atoms with Crippen molar-refractivity contribution in [3.63, 3.8) is 0 Å². The van der Waals surface area contributed by atoms with Crippen LogP contribution >= 0.6 is 0 Å². The van der Waals surface area contributed by atoms with E-state index in [0.29, 0.717) is 13.2 Å². The van der Waals surface area contributed by atoms with E-state index in [4.69, 9.17) is 9.47 Å². The van der Waals surface area contributed by atoms with Crippen molar-refractivity contribution in [1.82, 2.24) is 10.2 Å². The lowest BCUT2D eigenvalue weighted by Gasteiger charge is -2.37. The summed E-state index contributed by atoms with van der Waals surface area (Å²) in [5, 5.41) is 3.54. The van der Waals surface area contributed by atoms with Crippen molar-refractivity contribution in [2.45, 2.75) is 25.4 Å². The molecule has 3 aliphatic heterocycles. The Morgan fingerprint density at radius 1 is 1.15 bits per heavy atom. The summed E-state index contributed by atoms with van der Waals surface area (Å²) < 4.78 is 11.3. The van der Waals surface area contributed by atoms with E-state index in [1.165, 1.54) is 31.5 Å². The third-order valence-electron chi connectivity index (χ3n) is 4.79. The Hall–Kier alpha value is -1.26. The van der Waals surface area contributed by atoms with E-state index in [1.807, 2.05) is 0 Å². The predicted octanol–water partition coefficient (Wildman–Crippen LogP) is 1.64. The van der Waals surface area contributed by atoms with Crippen molar-refractivity contribution in [2.24, 2.45) is 5.92 Å². The first kappa shape index (κ1) is 12.5. The molecule has 0 radical (unpaired) electrons. The largest absolute Gasteiger partial charge is 0.486 e. The van der Waals surface area contributed by atoms with Gasteiger partial charge in [0.1, 0.15) is 13.2 Å². The summed E-state index contributed by atoms with van der Waals surface area (Å²) in [5.74, 6) is 2.65. The van der Waals surface area contributed by atoms with Gasteiger partial charge in [-0.1, -0.05) is 6.07 Å². The minimum atomic E-state index is 0.661. The Labute approximate surface area is 120 Å². The molecule has 3 aliphatic rings. The molecule has 4 nitrogen and oxygen atoms in total. The Morgan fingerprint density at radius 3 is 3.00 bits per heavy atom. The fourth-order valence-electron chi connectivity index (χ4n) is 3.78. The summed E-state index contributed by atoms with van der Waals surface area (Å²) in [5.41, 5.74) is 1.34. The second-order valence-corrected chi connectivity index (χ2v) is 6.08. The fraction of sp³-hybridized carbons (Fsp3) is 0.625. The van der Waals surface area contributed by atoms with Gasteiger partial charge in [-0.2, -0.15) is 0 Å². The summed E-state index contributed by atoms with van der Waals surface area (Å²) in [6.45, 7) is 5.91. The molecule has 2 fully saturated rings. The number of piperidine rings is 1. The molecule has 3 heterocycles. The summed E-state index contributed by atoms with van der Waals surface area (Å²) in [6, 6.07) is 7.11. The molecular formula is C16H22N2O2. The Balaban J connectivity index is 1.50. The molecular weight excluding hydrogens is 252 g/mol. The van der Waals surface area contributed by atoms with Crippen molar-refractivity contribution >= 4 is 0 Å². The first-order valence-corrected chi connectivity index (χ1v) is 7.73. The molecule has 0 bridgehead atoms. The summed E-state index contributed by atoms with van der Waals surface area (Å²) in [6.07, 6.45) is 2.71. The van der Waals surface area contributed by atoms with Gasteiger partial charge in [0.2, 0.25) is 0 Å². The molecule has 2 saturated heterocycles. The van der Waals surface area contributed by atoms with Gasteiger partial charge < -0.3 is 14.8 Å². The van der Waals surface area contributed by atoms with Crippen LogP contribution in [-0.4, -0.2) is 43.8 Å². The maximum Gasteiger partial charge on any atom is 0.161 e. The number of nitrogens with zero attached hydrogens (tertiary/aromatic N) is 1. The number of nitrogens with one attached hydrogen (secondary N) is 1. The van der Waals surface area contributed by atoms with Gasteiger partial charge in [0.25, 0.3) is 0 Å². The lowest BCUT2D eigenvalue weighted by atomic mass is 9.91. The molecule has 0 aliphatic carbocycles. The van der Waals surface area contributed by atoms with Crippen LogP contribution in [0.2, 0.25) is 0 Å². The third kappa shape index (κ3) is 2.27. The lowest BCUT2D eigenvalue weighted by Crippen LogP contribution is -2.44. The molecule has 108 valence electrons. The van der Waals surface area contributed by atoms with Crippen molar-refractivity contribution in [3.05, 3.63) is 23.8 Å². The van der Waals surface area contributed by atoms with E-state index >= 15 is 0 Å². The van der Waals surface area contributed by atoms with Gasteiger partial charge in [-0.15, -0.1) is 0 Å². The van der Waals surface area contributed by atoms with E-state index in [0.717, 1.165) is 36.5 Å². The van der Waals surface area contributed by atoms with Gasteiger partial charge >= 0.3 is 0 Å². The molecule has 20 heavy (non-hydrogen) atoms. The third-order valence-corrected chi connectivity index (χ3v) is 4.79. The maximum atomic E-state index is 5.68. The normalized spacial score (nSPS) is 29.2.